The maximum atomic E-state index is 12.1. The predicted octanol–water partition coefficient (Wildman–Crippen LogP) is 2.50. The Labute approximate surface area is 145 Å². The Morgan fingerprint density at radius 1 is 1.12 bits per heavy atom. The van der Waals surface area contributed by atoms with Crippen molar-refractivity contribution in [3.05, 3.63) is 54.1 Å². The van der Waals surface area contributed by atoms with E-state index >= 15 is 0 Å². The van der Waals surface area contributed by atoms with Gasteiger partial charge >= 0.3 is 5.97 Å². The van der Waals surface area contributed by atoms with E-state index in [9.17, 15) is 14.4 Å². The van der Waals surface area contributed by atoms with Gasteiger partial charge in [0.1, 0.15) is 0 Å². The number of nitrogens with one attached hydrogen (secondary N) is 1. The van der Waals surface area contributed by atoms with Gasteiger partial charge in [-0.2, -0.15) is 0 Å². The molecule has 0 aliphatic rings. The molecule has 0 aliphatic heterocycles. The van der Waals surface area contributed by atoms with Crippen molar-refractivity contribution in [2.45, 2.75) is 20.3 Å². The fraction of sp³-hybridized carbons (Fsp3) is 0.278. The van der Waals surface area contributed by atoms with Crippen LogP contribution in [0.15, 0.2) is 42.9 Å². The topological polar surface area (TPSA) is 98.2 Å². The summed E-state index contributed by atoms with van der Waals surface area (Å²) in [4.78, 5) is 43.0. The number of rotatable bonds is 7. The first-order chi connectivity index (χ1) is 12.0. The number of anilines is 1. The molecule has 0 saturated carbocycles. The van der Waals surface area contributed by atoms with Crippen LogP contribution < -0.4 is 5.32 Å². The highest BCUT2D eigenvalue weighted by atomic mass is 16.5. The average molecular weight is 341 g/mol. The Bertz CT molecular complexity index is 743. The standard InChI is InChI=1S/C18H19N3O4/c1-12(2)9-17(23)21-14-5-3-13(4-6-14)16(22)11-25-18(24)15-10-19-7-8-20-15/h3-8,10,12H,9,11H2,1-2H3,(H,21,23). The molecule has 1 N–H and O–H groups in total. The number of hydrogen-bond acceptors (Lipinski definition) is 6. The minimum absolute atomic E-state index is 0.0403. The summed E-state index contributed by atoms with van der Waals surface area (Å²) in [5, 5.41) is 2.76. The van der Waals surface area contributed by atoms with Crippen molar-refractivity contribution in [3.8, 4) is 0 Å². The molecule has 1 aromatic heterocycles. The molecule has 0 radical (unpaired) electrons. The van der Waals surface area contributed by atoms with Gasteiger partial charge in [0.2, 0.25) is 5.91 Å². The number of Topliss-reactive ketones (excluding diaryl/α,β-unsaturated/α-hetero) is 1. The number of amides is 1. The molecule has 1 heterocycles. The van der Waals surface area contributed by atoms with Crippen LogP contribution in [-0.4, -0.2) is 34.2 Å². The summed E-state index contributed by atoms with van der Waals surface area (Å²) >= 11 is 0. The first-order valence-electron chi connectivity index (χ1n) is 7.82. The number of hydrogen-bond donors (Lipinski definition) is 1. The molecule has 0 aliphatic carbocycles. The fourth-order valence-corrected chi connectivity index (χ4v) is 2.02. The Hall–Kier alpha value is -3.09. The van der Waals surface area contributed by atoms with E-state index in [4.69, 9.17) is 4.74 Å². The minimum atomic E-state index is -0.709. The van der Waals surface area contributed by atoms with Crippen LogP contribution in [0, 0.1) is 5.92 Å². The summed E-state index contributed by atoms with van der Waals surface area (Å²) in [5.74, 6) is -0.867. The first-order valence-corrected chi connectivity index (χ1v) is 7.82. The maximum Gasteiger partial charge on any atom is 0.358 e. The Kier molecular flexibility index (Phi) is 6.33. The highest BCUT2D eigenvalue weighted by Crippen LogP contribution is 2.12. The molecule has 7 nitrogen and oxygen atoms in total. The van der Waals surface area contributed by atoms with Gasteiger partial charge in [-0.25, -0.2) is 9.78 Å². The molecule has 2 rings (SSSR count). The van der Waals surface area contributed by atoms with Crippen molar-refractivity contribution in [3.63, 3.8) is 0 Å². The second kappa shape index (κ2) is 8.68. The quantitative estimate of drug-likeness (QED) is 0.614. The molecule has 7 heteroatoms. The summed E-state index contributed by atoms with van der Waals surface area (Å²) in [6, 6.07) is 6.42. The van der Waals surface area contributed by atoms with Crippen molar-refractivity contribution in [2.24, 2.45) is 5.92 Å². The van der Waals surface area contributed by atoms with Crippen LogP contribution in [0.1, 0.15) is 41.1 Å². The van der Waals surface area contributed by atoms with Gasteiger partial charge in [0, 0.05) is 30.1 Å². The molecule has 0 bridgehead atoms. The lowest BCUT2D eigenvalue weighted by molar-refractivity contribution is -0.116. The molecule has 1 aromatic carbocycles. The van der Waals surface area contributed by atoms with Crippen LogP contribution in [0.5, 0.6) is 0 Å². The number of ketones is 1. The molecule has 0 fully saturated rings. The van der Waals surface area contributed by atoms with Crippen LogP contribution in [0.3, 0.4) is 0 Å². The van der Waals surface area contributed by atoms with Gasteiger partial charge in [-0.1, -0.05) is 13.8 Å². The van der Waals surface area contributed by atoms with Gasteiger partial charge in [0.25, 0.3) is 0 Å². The smallest absolute Gasteiger partial charge is 0.358 e. The zero-order chi connectivity index (χ0) is 18.2. The van der Waals surface area contributed by atoms with E-state index in [2.05, 4.69) is 15.3 Å². The summed E-state index contributed by atoms with van der Waals surface area (Å²) in [7, 11) is 0. The lowest BCUT2D eigenvalue weighted by atomic mass is 10.1. The number of benzene rings is 1. The molecule has 25 heavy (non-hydrogen) atoms. The van der Waals surface area contributed by atoms with Gasteiger partial charge in [0.05, 0.1) is 6.20 Å². The summed E-state index contributed by atoms with van der Waals surface area (Å²) in [6.45, 7) is 3.53. The van der Waals surface area contributed by atoms with E-state index in [0.717, 1.165) is 0 Å². The first kappa shape index (κ1) is 18.3. The van der Waals surface area contributed by atoms with E-state index in [1.54, 1.807) is 24.3 Å². The third kappa shape index (κ3) is 5.80. The Balaban J connectivity index is 1.88. The highest BCUT2D eigenvalue weighted by molar-refractivity contribution is 5.99. The zero-order valence-corrected chi connectivity index (χ0v) is 14.1. The number of aromatic nitrogens is 2. The van der Waals surface area contributed by atoms with Gasteiger partial charge in [-0.3, -0.25) is 14.6 Å². The summed E-state index contributed by atoms with van der Waals surface area (Å²) in [6.07, 6.45) is 4.49. The normalized spacial score (nSPS) is 10.4. The number of nitrogens with zero attached hydrogens (tertiary/aromatic N) is 2. The molecular weight excluding hydrogens is 322 g/mol. The zero-order valence-electron chi connectivity index (χ0n) is 14.1. The molecule has 1 amide bonds. The highest BCUT2D eigenvalue weighted by Gasteiger charge is 2.13. The summed E-state index contributed by atoms with van der Waals surface area (Å²) in [5.41, 5.74) is 1.03. The van der Waals surface area contributed by atoms with Crippen molar-refractivity contribution < 1.29 is 19.1 Å². The van der Waals surface area contributed by atoms with Crippen molar-refractivity contribution in [2.75, 3.05) is 11.9 Å². The fourth-order valence-electron chi connectivity index (χ4n) is 2.02. The van der Waals surface area contributed by atoms with E-state index in [-0.39, 0.29) is 23.3 Å². The lowest BCUT2D eigenvalue weighted by Gasteiger charge is -2.08. The molecule has 0 saturated heterocycles. The van der Waals surface area contributed by atoms with Crippen molar-refractivity contribution in [1.82, 2.24) is 9.97 Å². The third-order valence-corrected chi connectivity index (χ3v) is 3.19. The average Bonchev–Trinajstić information content (AvgIpc) is 2.60. The van der Waals surface area contributed by atoms with E-state index in [0.29, 0.717) is 17.7 Å². The van der Waals surface area contributed by atoms with Crippen LogP contribution in [-0.2, 0) is 9.53 Å². The number of esters is 1. The minimum Gasteiger partial charge on any atom is -0.453 e. The largest absolute Gasteiger partial charge is 0.453 e. The third-order valence-electron chi connectivity index (χ3n) is 3.19. The van der Waals surface area contributed by atoms with Gasteiger partial charge in [-0.05, 0) is 30.2 Å². The van der Waals surface area contributed by atoms with Crippen LogP contribution in [0.4, 0.5) is 5.69 Å². The van der Waals surface area contributed by atoms with Gasteiger partial charge in [0.15, 0.2) is 18.1 Å². The SMILES string of the molecule is CC(C)CC(=O)Nc1ccc(C(=O)COC(=O)c2cnccn2)cc1. The second-order valence-corrected chi connectivity index (χ2v) is 5.81. The molecule has 130 valence electrons. The van der Waals surface area contributed by atoms with Crippen molar-refractivity contribution >= 4 is 23.3 Å². The van der Waals surface area contributed by atoms with Crippen molar-refractivity contribution in [1.29, 1.82) is 0 Å². The van der Waals surface area contributed by atoms with E-state index < -0.39 is 12.6 Å². The molecular formula is C18H19N3O4. The second-order valence-electron chi connectivity index (χ2n) is 5.81. The van der Waals surface area contributed by atoms with E-state index in [1.807, 2.05) is 13.8 Å². The van der Waals surface area contributed by atoms with Gasteiger partial charge < -0.3 is 10.1 Å². The number of carbonyl (C=O) groups excluding carboxylic acids is 3. The lowest BCUT2D eigenvalue weighted by Crippen LogP contribution is -2.16. The van der Waals surface area contributed by atoms with Crippen LogP contribution >= 0.6 is 0 Å². The van der Waals surface area contributed by atoms with Crippen LogP contribution in [0.2, 0.25) is 0 Å². The summed E-state index contributed by atoms with van der Waals surface area (Å²) < 4.78 is 4.92. The number of ether oxygens (including phenoxy) is 1. The van der Waals surface area contributed by atoms with Gasteiger partial charge in [-0.15, -0.1) is 0 Å². The molecule has 2 aromatic rings. The molecule has 0 atom stereocenters. The predicted molar refractivity (Wildman–Crippen MR) is 91.2 cm³/mol. The van der Waals surface area contributed by atoms with Crippen LogP contribution in [0.25, 0.3) is 0 Å². The monoisotopic (exact) mass is 341 g/mol. The molecule has 0 spiro atoms. The Morgan fingerprint density at radius 3 is 2.44 bits per heavy atom. The number of carbonyl (C=O) groups is 3. The maximum absolute atomic E-state index is 12.1. The molecule has 0 unspecified atom stereocenters. The van der Waals surface area contributed by atoms with E-state index in [1.165, 1.54) is 18.6 Å². The Morgan fingerprint density at radius 2 is 1.84 bits per heavy atom.